The van der Waals surface area contributed by atoms with Crippen LogP contribution in [-0.4, -0.2) is 17.4 Å². The van der Waals surface area contributed by atoms with Crippen molar-refractivity contribution in [3.8, 4) is 0 Å². The van der Waals surface area contributed by atoms with E-state index in [1.54, 1.807) is 12.3 Å². The van der Waals surface area contributed by atoms with Gasteiger partial charge < -0.3 is 11.1 Å². The van der Waals surface area contributed by atoms with E-state index in [0.717, 1.165) is 18.4 Å². The lowest BCUT2D eigenvalue weighted by molar-refractivity contribution is 0.0948. The molecule has 0 radical (unpaired) electrons. The first kappa shape index (κ1) is 11.7. The van der Waals surface area contributed by atoms with Gasteiger partial charge in [-0.05, 0) is 24.1 Å². The summed E-state index contributed by atoms with van der Waals surface area (Å²) >= 11 is 0. The van der Waals surface area contributed by atoms with E-state index in [4.69, 9.17) is 5.73 Å². The van der Waals surface area contributed by atoms with Crippen LogP contribution in [0.3, 0.4) is 0 Å². The van der Waals surface area contributed by atoms with Crippen LogP contribution < -0.4 is 11.1 Å². The Labute approximate surface area is 89.9 Å². The Bertz CT molecular complexity index is 325. The fourth-order valence-corrected chi connectivity index (χ4v) is 1.19. The van der Waals surface area contributed by atoms with E-state index in [-0.39, 0.29) is 5.91 Å². The zero-order valence-electron chi connectivity index (χ0n) is 8.99. The van der Waals surface area contributed by atoms with Crippen LogP contribution in [0.15, 0.2) is 18.3 Å². The summed E-state index contributed by atoms with van der Waals surface area (Å²) in [6.45, 7) is 3.21. The van der Waals surface area contributed by atoms with Gasteiger partial charge in [0.1, 0.15) is 5.69 Å². The number of hydrogen-bond donors (Lipinski definition) is 2. The molecule has 0 aromatic carbocycles. The van der Waals surface area contributed by atoms with E-state index in [1.807, 2.05) is 6.07 Å². The third kappa shape index (κ3) is 3.67. The van der Waals surface area contributed by atoms with E-state index < -0.39 is 0 Å². The summed E-state index contributed by atoms with van der Waals surface area (Å²) in [5, 5.41) is 2.81. The summed E-state index contributed by atoms with van der Waals surface area (Å²) in [6.07, 6.45) is 3.66. The van der Waals surface area contributed by atoms with E-state index in [9.17, 15) is 4.79 Å². The highest BCUT2D eigenvalue weighted by Crippen LogP contribution is 2.00. The van der Waals surface area contributed by atoms with E-state index in [0.29, 0.717) is 18.8 Å². The lowest BCUT2D eigenvalue weighted by Crippen LogP contribution is -2.25. The Kier molecular flexibility index (Phi) is 4.77. The van der Waals surface area contributed by atoms with Crippen molar-refractivity contribution < 1.29 is 4.79 Å². The first-order valence-electron chi connectivity index (χ1n) is 5.21. The standard InChI is InChI=1S/C11H17N3O/c1-2-3-5-14-11(15)10-7-9(8-12)4-6-13-10/h4,6-7H,2-3,5,8,12H2,1H3,(H,14,15). The number of carbonyl (C=O) groups excluding carboxylic acids is 1. The van der Waals surface area contributed by atoms with Crippen molar-refractivity contribution in [1.29, 1.82) is 0 Å². The van der Waals surface area contributed by atoms with Crippen molar-refractivity contribution in [3.05, 3.63) is 29.6 Å². The lowest BCUT2D eigenvalue weighted by atomic mass is 10.2. The van der Waals surface area contributed by atoms with Crippen LogP contribution in [0.2, 0.25) is 0 Å². The third-order valence-corrected chi connectivity index (χ3v) is 2.11. The quantitative estimate of drug-likeness (QED) is 0.710. The number of hydrogen-bond acceptors (Lipinski definition) is 3. The van der Waals surface area contributed by atoms with Gasteiger partial charge in [-0.25, -0.2) is 0 Å². The zero-order chi connectivity index (χ0) is 11.1. The first-order valence-corrected chi connectivity index (χ1v) is 5.21. The SMILES string of the molecule is CCCCNC(=O)c1cc(CN)ccn1. The van der Waals surface area contributed by atoms with Crippen LogP contribution in [0.4, 0.5) is 0 Å². The molecule has 0 aliphatic carbocycles. The Morgan fingerprint density at radius 1 is 1.60 bits per heavy atom. The highest BCUT2D eigenvalue weighted by Gasteiger charge is 2.05. The molecule has 0 bridgehead atoms. The van der Waals surface area contributed by atoms with Crippen molar-refractivity contribution in [2.24, 2.45) is 5.73 Å². The average Bonchev–Trinajstić information content (AvgIpc) is 2.29. The largest absolute Gasteiger partial charge is 0.351 e. The van der Waals surface area contributed by atoms with Gasteiger partial charge in [0.25, 0.3) is 5.91 Å². The minimum atomic E-state index is -0.126. The van der Waals surface area contributed by atoms with Gasteiger partial charge in [0, 0.05) is 19.3 Å². The van der Waals surface area contributed by atoms with Crippen LogP contribution >= 0.6 is 0 Å². The number of nitrogens with one attached hydrogen (secondary N) is 1. The molecule has 15 heavy (non-hydrogen) atoms. The molecule has 0 saturated carbocycles. The second-order valence-corrected chi connectivity index (χ2v) is 3.36. The lowest BCUT2D eigenvalue weighted by Gasteiger charge is -2.04. The molecule has 0 fully saturated rings. The third-order valence-electron chi connectivity index (χ3n) is 2.11. The summed E-state index contributed by atoms with van der Waals surface area (Å²) in [5.41, 5.74) is 6.84. The van der Waals surface area contributed by atoms with Crippen molar-refractivity contribution in [1.82, 2.24) is 10.3 Å². The molecule has 1 amide bonds. The molecule has 4 nitrogen and oxygen atoms in total. The Morgan fingerprint density at radius 3 is 3.07 bits per heavy atom. The molecule has 0 aliphatic heterocycles. The molecule has 1 heterocycles. The predicted octanol–water partition coefficient (Wildman–Crippen LogP) is 1.07. The molecule has 1 rings (SSSR count). The van der Waals surface area contributed by atoms with Crippen LogP contribution in [0.25, 0.3) is 0 Å². The number of aromatic nitrogens is 1. The van der Waals surface area contributed by atoms with Crippen LogP contribution in [0.1, 0.15) is 35.8 Å². The fourth-order valence-electron chi connectivity index (χ4n) is 1.19. The van der Waals surface area contributed by atoms with Gasteiger partial charge >= 0.3 is 0 Å². The number of pyridine rings is 1. The summed E-state index contributed by atoms with van der Waals surface area (Å²) < 4.78 is 0. The molecule has 82 valence electrons. The van der Waals surface area contributed by atoms with E-state index in [2.05, 4.69) is 17.2 Å². The predicted molar refractivity (Wildman–Crippen MR) is 59.4 cm³/mol. The second kappa shape index (κ2) is 6.14. The molecule has 4 heteroatoms. The Balaban J connectivity index is 2.57. The van der Waals surface area contributed by atoms with Crippen LogP contribution in [0.5, 0.6) is 0 Å². The van der Waals surface area contributed by atoms with Crippen molar-refractivity contribution in [3.63, 3.8) is 0 Å². The number of carbonyl (C=O) groups is 1. The van der Waals surface area contributed by atoms with E-state index >= 15 is 0 Å². The van der Waals surface area contributed by atoms with Gasteiger partial charge in [-0.1, -0.05) is 13.3 Å². The molecule has 1 aromatic heterocycles. The first-order chi connectivity index (χ1) is 7.27. The molecular weight excluding hydrogens is 190 g/mol. The number of amides is 1. The number of unbranched alkanes of at least 4 members (excludes halogenated alkanes) is 1. The van der Waals surface area contributed by atoms with Gasteiger partial charge in [-0.2, -0.15) is 0 Å². The molecule has 0 unspecified atom stereocenters. The van der Waals surface area contributed by atoms with E-state index in [1.165, 1.54) is 0 Å². The minimum Gasteiger partial charge on any atom is -0.351 e. The summed E-state index contributed by atoms with van der Waals surface area (Å²) in [6, 6.07) is 3.53. The number of nitrogens with two attached hydrogens (primary N) is 1. The van der Waals surface area contributed by atoms with Crippen molar-refractivity contribution in [2.45, 2.75) is 26.3 Å². The normalized spacial score (nSPS) is 10.0. The smallest absolute Gasteiger partial charge is 0.269 e. The molecule has 0 atom stereocenters. The molecule has 0 saturated heterocycles. The highest BCUT2D eigenvalue weighted by molar-refractivity contribution is 5.92. The van der Waals surface area contributed by atoms with Gasteiger partial charge in [0.2, 0.25) is 0 Å². The van der Waals surface area contributed by atoms with Crippen LogP contribution in [-0.2, 0) is 6.54 Å². The average molecular weight is 207 g/mol. The second-order valence-electron chi connectivity index (χ2n) is 3.36. The van der Waals surface area contributed by atoms with Gasteiger partial charge in [0.15, 0.2) is 0 Å². The number of nitrogens with zero attached hydrogens (tertiary/aromatic N) is 1. The topological polar surface area (TPSA) is 68.0 Å². The maximum absolute atomic E-state index is 11.6. The summed E-state index contributed by atoms with van der Waals surface area (Å²) in [7, 11) is 0. The summed E-state index contributed by atoms with van der Waals surface area (Å²) in [4.78, 5) is 15.6. The highest BCUT2D eigenvalue weighted by atomic mass is 16.1. The molecule has 0 aliphatic rings. The van der Waals surface area contributed by atoms with Gasteiger partial charge in [-0.15, -0.1) is 0 Å². The maximum atomic E-state index is 11.6. The molecule has 0 spiro atoms. The Hall–Kier alpha value is -1.42. The van der Waals surface area contributed by atoms with Crippen molar-refractivity contribution in [2.75, 3.05) is 6.54 Å². The number of rotatable bonds is 5. The van der Waals surface area contributed by atoms with Crippen molar-refractivity contribution >= 4 is 5.91 Å². The fraction of sp³-hybridized carbons (Fsp3) is 0.455. The van der Waals surface area contributed by atoms with Gasteiger partial charge in [0.05, 0.1) is 0 Å². The van der Waals surface area contributed by atoms with Crippen LogP contribution in [0, 0.1) is 0 Å². The summed E-state index contributed by atoms with van der Waals surface area (Å²) in [5.74, 6) is -0.126. The zero-order valence-corrected chi connectivity index (χ0v) is 8.99. The monoisotopic (exact) mass is 207 g/mol. The molecular formula is C11H17N3O. The molecule has 3 N–H and O–H groups in total. The minimum absolute atomic E-state index is 0.126. The van der Waals surface area contributed by atoms with Gasteiger partial charge in [-0.3, -0.25) is 9.78 Å². The maximum Gasteiger partial charge on any atom is 0.269 e. The Morgan fingerprint density at radius 2 is 2.40 bits per heavy atom. The molecule has 1 aromatic rings.